The van der Waals surface area contributed by atoms with Crippen molar-refractivity contribution in [3.8, 4) is 11.8 Å². The minimum atomic E-state index is 0.260. The fourth-order valence-electron chi connectivity index (χ4n) is 0.926. The Morgan fingerprint density at radius 1 is 1.50 bits per heavy atom. The van der Waals surface area contributed by atoms with E-state index < -0.39 is 0 Å². The van der Waals surface area contributed by atoms with E-state index >= 15 is 0 Å². The molecule has 14 heavy (non-hydrogen) atoms. The summed E-state index contributed by atoms with van der Waals surface area (Å²) in [7, 11) is 0. The molecule has 1 rings (SSSR count). The van der Waals surface area contributed by atoms with Gasteiger partial charge in [-0.15, -0.1) is 0 Å². The fraction of sp³-hybridized carbons (Fsp3) is 0.222. The SMILES string of the molecule is N#Cc1ccccc1OCCN=[N+]=[N-]. The molecule has 1 aromatic rings. The smallest absolute Gasteiger partial charge is 0.137 e. The average Bonchev–Trinajstić information content (AvgIpc) is 2.25. The number of benzene rings is 1. The predicted molar refractivity (Wildman–Crippen MR) is 50.7 cm³/mol. The second-order valence-corrected chi connectivity index (χ2v) is 2.41. The van der Waals surface area contributed by atoms with E-state index in [1.807, 2.05) is 6.07 Å². The topological polar surface area (TPSA) is 81.8 Å². The first-order chi connectivity index (χ1) is 6.88. The number of hydrogen-bond acceptors (Lipinski definition) is 3. The van der Waals surface area contributed by atoms with Crippen molar-refractivity contribution in [3.63, 3.8) is 0 Å². The van der Waals surface area contributed by atoms with Gasteiger partial charge in [0.2, 0.25) is 0 Å². The minimum absolute atomic E-state index is 0.260. The highest BCUT2D eigenvalue weighted by Crippen LogP contribution is 2.15. The molecule has 1 aromatic carbocycles. The lowest BCUT2D eigenvalue weighted by Gasteiger charge is -2.04. The summed E-state index contributed by atoms with van der Waals surface area (Å²) >= 11 is 0. The Balaban J connectivity index is 2.58. The quantitative estimate of drug-likeness (QED) is 0.314. The Morgan fingerprint density at radius 2 is 2.29 bits per heavy atom. The highest BCUT2D eigenvalue weighted by atomic mass is 16.5. The highest BCUT2D eigenvalue weighted by Gasteiger charge is 1.99. The lowest BCUT2D eigenvalue weighted by molar-refractivity contribution is 0.327. The Morgan fingerprint density at radius 3 is 3.00 bits per heavy atom. The molecule has 0 saturated carbocycles. The standard InChI is InChI=1S/C9H8N4O/c10-7-8-3-1-2-4-9(8)14-6-5-12-13-11/h1-4H,5-6H2. The summed E-state index contributed by atoms with van der Waals surface area (Å²) in [4.78, 5) is 2.59. The second kappa shape index (κ2) is 5.46. The maximum Gasteiger partial charge on any atom is 0.137 e. The van der Waals surface area contributed by atoms with E-state index in [2.05, 4.69) is 10.0 Å². The first kappa shape index (κ1) is 9.90. The van der Waals surface area contributed by atoms with Crippen LogP contribution in [-0.2, 0) is 0 Å². The van der Waals surface area contributed by atoms with Crippen LogP contribution >= 0.6 is 0 Å². The molecule has 5 heteroatoms. The number of nitrogens with zero attached hydrogens (tertiary/aromatic N) is 4. The lowest BCUT2D eigenvalue weighted by atomic mass is 10.2. The first-order valence-corrected chi connectivity index (χ1v) is 4.01. The van der Waals surface area contributed by atoms with Gasteiger partial charge in [-0.25, -0.2) is 0 Å². The Bertz CT molecular complexity index is 390. The summed E-state index contributed by atoms with van der Waals surface area (Å²) in [6, 6.07) is 8.92. The van der Waals surface area contributed by atoms with Gasteiger partial charge in [0, 0.05) is 4.91 Å². The third-order valence-corrected chi connectivity index (χ3v) is 1.52. The summed E-state index contributed by atoms with van der Waals surface area (Å²) in [6.45, 7) is 0.541. The zero-order valence-corrected chi connectivity index (χ0v) is 7.42. The lowest BCUT2D eigenvalue weighted by Crippen LogP contribution is -2.01. The molecule has 0 saturated heterocycles. The Hall–Kier alpha value is -2.18. The number of azide groups is 1. The monoisotopic (exact) mass is 188 g/mol. The van der Waals surface area contributed by atoms with Crippen LogP contribution < -0.4 is 4.74 Å². The van der Waals surface area contributed by atoms with Gasteiger partial charge in [-0.2, -0.15) is 5.26 Å². The molecule has 0 spiro atoms. The molecular weight excluding hydrogens is 180 g/mol. The summed E-state index contributed by atoms with van der Waals surface area (Å²) in [6.07, 6.45) is 0. The van der Waals surface area contributed by atoms with Crippen molar-refractivity contribution in [1.29, 1.82) is 5.26 Å². The molecule has 0 bridgehead atoms. The van der Waals surface area contributed by atoms with Crippen LogP contribution in [0.5, 0.6) is 5.75 Å². The van der Waals surface area contributed by atoms with Gasteiger partial charge in [-0.1, -0.05) is 17.2 Å². The molecule has 0 heterocycles. The van der Waals surface area contributed by atoms with E-state index in [-0.39, 0.29) is 13.2 Å². The van der Waals surface area contributed by atoms with Gasteiger partial charge in [0.15, 0.2) is 0 Å². The summed E-state index contributed by atoms with van der Waals surface area (Å²) in [5.41, 5.74) is 8.49. The van der Waals surface area contributed by atoms with E-state index in [1.165, 1.54) is 0 Å². The molecule has 0 radical (unpaired) electrons. The number of ether oxygens (including phenoxy) is 1. The van der Waals surface area contributed by atoms with E-state index in [0.717, 1.165) is 0 Å². The maximum absolute atomic E-state index is 8.71. The summed E-state index contributed by atoms with van der Waals surface area (Å²) in [5, 5.41) is 12.0. The Kier molecular flexibility index (Phi) is 3.86. The molecule has 0 aliphatic carbocycles. The van der Waals surface area contributed by atoms with Gasteiger partial charge in [0.1, 0.15) is 11.8 Å². The van der Waals surface area contributed by atoms with Crippen LogP contribution in [-0.4, -0.2) is 13.2 Å². The van der Waals surface area contributed by atoms with Crippen LogP contribution in [0.1, 0.15) is 5.56 Å². The van der Waals surface area contributed by atoms with Gasteiger partial charge in [0.25, 0.3) is 0 Å². The highest BCUT2D eigenvalue weighted by molar-refractivity contribution is 5.42. The zero-order chi connectivity index (χ0) is 10.2. The van der Waals surface area contributed by atoms with Gasteiger partial charge >= 0.3 is 0 Å². The molecule has 0 atom stereocenters. The van der Waals surface area contributed by atoms with Gasteiger partial charge in [0.05, 0.1) is 18.7 Å². The number of nitriles is 1. The van der Waals surface area contributed by atoms with Crippen LogP contribution in [0.25, 0.3) is 10.4 Å². The molecule has 0 N–H and O–H groups in total. The minimum Gasteiger partial charge on any atom is -0.492 e. The molecule has 0 amide bonds. The second-order valence-electron chi connectivity index (χ2n) is 2.41. The largest absolute Gasteiger partial charge is 0.492 e. The first-order valence-electron chi connectivity index (χ1n) is 4.01. The molecule has 0 aliphatic rings. The van der Waals surface area contributed by atoms with Crippen molar-refractivity contribution in [3.05, 3.63) is 40.3 Å². The number of hydrogen-bond donors (Lipinski definition) is 0. The van der Waals surface area contributed by atoms with Crippen LogP contribution in [0, 0.1) is 11.3 Å². The molecule has 0 fully saturated rings. The third-order valence-electron chi connectivity index (χ3n) is 1.52. The molecule has 70 valence electrons. The number of rotatable bonds is 4. The van der Waals surface area contributed by atoms with Crippen molar-refractivity contribution in [1.82, 2.24) is 0 Å². The molecule has 5 nitrogen and oxygen atoms in total. The Labute approximate surface area is 81.2 Å². The van der Waals surface area contributed by atoms with Crippen LogP contribution in [0.4, 0.5) is 0 Å². The normalized spacial score (nSPS) is 8.50. The fourth-order valence-corrected chi connectivity index (χ4v) is 0.926. The maximum atomic E-state index is 8.71. The van der Waals surface area contributed by atoms with E-state index in [9.17, 15) is 0 Å². The van der Waals surface area contributed by atoms with Gasteiger partial charge < -0.3 is 4.74 Å². The van der Waals surface area contributed by atoms with Crippen molar-refractivity contribution in [2.75, 3.05) is 13.2 Å². The summed E-state index contributed by atoms with van der Waals surface area (Å²) in [5.74, 6) is 0.517. The van der Waals surface area contributed by atoms with Crippen LogP contribution in [0.15, 0.2) is 29.4 Å². The van der Waals surface area contributed by atoms with Crippen LogP contribution in [0.3, 0.4) is 0 Å². The van der Waals surface area contributed by atoms with Gasteiger partial charge in [-0.05, 0) is 17.7 Å². The summed E-state index contributed by atoms with van der Waals surface area (Å²) < 4.78 is 5.24. The zero-order valence-electron chi connectivity index (χ0n) is 7.42. The van der Waals surface area contributed by atoms with Crippen molar-refractivity contribution >= 4 is 0 Å². The van der Waals surface area contributed by atoms with E-state index in [4.69, 9.17) is 15.5 Å². The van der Waals surface area contributed by atoms with Crippen molar-refractivity contribution in [2.45, 2.75) is 0 Å². The average molecular weight is 188 g/mol. The molecule has 0 aromatic heterocycles. The molecule has 0 aliphatic heterocycles. The molecular formula is C9H8N4O. The predicted octanol–water partition coefficient (Wildman–Crippen LogP) is 2.25. The molecule has 0 unspecified atom stereocenters. The third kappa shape index (κ3) is 2.70. The number of para-hydroxylation sites is 1. The van der Waals surface area contributed by atoms with Crippen molar-refractivity contribution in [2.24, 2.45) is 5.11 Å². The van der Waals surface area contributed by atoms with E-state index in [1.54, 1.807) is 24.3 Å². The van der Waals surface area contributed by atoms with Crippen LogP contribution in [0.2, 0.25) is 0 Å². The van der Waals surface area contributed by atoms with E-state index in [0.29, 0.717) is 11.3 Å². The van der Waals surface area contributed by atoms with Gasteiger partial charge in [-0.3, -0.25) is 0 Å². The van der Waals surface area contributed by atoms with Crippen molar-refractivity contribution < 1.29 is 4.74 Å².